The van der Waals surface area contributed by atoms with Crippen molar-refractivity contribution in [1.82, 2.24) is 0 Å². The average molecular weight is 580 g/mol. The second-order valence-corrected chi connectivity index (χ2v) is 11.3. The fraction of sp³-hybridized carbons (Fsp3) is 0. The summed E-state index contributed by atoms with van der Waals surface area (Å²) in [6.45, 7) is 0. The molecule has 208 valence electrons. The number of fused-ring (bicyclic) bond motifs is 10. The maximum Gasteiger partial charge on any atom is 0.143 e. The molecule has 0 aliphatic carbocycles. The van der Waals surface area contributed by atoms with Gasteiger partial charge in [0.05, 0.1) is 12.3 Å². The van der Waals surface area contributed by atoms with Gasteiger partial charge in [0.15, 0.2) is 0 Å². The summed E-state index contributed by atoms with van der Waals surface area (Å²) in [6, 6.07) is 31.1. The molecular weight excluding hydrogens is 544 g/mol. The highest BCUT2D eigenvalue weighted by molar-refractivity contribution is 6.26. The van der Waals surface area contributed by atoms with Crippen molar-refractivity contribution >= 4 is 75.8 Å². The van der Waals surface area contributed by atoms with Crippen molar-refractivity contribution in [2.45, 2.75) is 0 Å². The van der Waals surface area contributed by atoms with Crippen LogP contribution in [0.15, 0.2) is 162 Å². The first-order valence-corrected chi connectivity index (χ1v) is 14.8. The van der Waals surface area contributed by atoms with Crippen LogP contribution in [0.4, 0.5) is 0 Å². The molecule has 1 aromatic heterocycles. The van der Waals surface area contributed by atoms with Crippen LogP contribution in [-0.4, -0.2) is 0 Å². The Morgan fingerprint density at radius 2 is 1.04 bits per heavy atom. The first kappa shape index (κ1) is 17.4. The first-order chi connectivity index (χ1) is 26.1. The molecule has 45 heavy (non-hydrogen) atoms. The lowest BCUT2D eigenvalue weighted by atomic mass is 9.83. The van der Waals surface area contributed by atoms with E-state index in [-0.39, 0.29) is 62.4 Å². The molecule has 0 radical (unpaired) electrons. The van der Waals surface area contributed by atoms with Crippen LogP contribution in [0.1, 0.15) is 12.3 Å². The van der Waals surface area contributed by atoms with Gasteiger partial charge in [0.2, 0.25) is 0 Å². The number of hydrogen-bond acceptors (Lipinski definition) is 1. The summed E-state index contributed by atoms with van der Waals surface area (Å²) >= 11 is 0. The molecule has 1 nitrogen and oxygen atoms in total. The fourth-order valence-corrected chi connectivity index (χ4v) is 6.98. The standard InChI is InChI=1S/C44H26O/c1-4-14-31-27(11-1)21-23-38-39-26-29(22-24-41(39)45-44(31)38)42-34-17-7-9-19-36(34)43(37-20-10-8-18-35(37)42)40-25-28-12-2-3-13-30(28)32-15-5-6-16-33(32)40/h1-26H/i1D,4D,11D,14D,21D,22D,23D,24D,26D. The quantitative estimate of drug-likeness (QED) is 0.147. The summed E-state index contributed by atoms with van der Waals surface area (Å²) in [5.74, 6) is 0. The molecule has 9 aromatic carbocycles. The Balaban J connectivity index is 1.38. The topological polar surface area (TPSA) is 13.1 Å². The number of benzene rings is 9. The van der Waals surface area contributed by atoms with Crippen LogP contribution in [0.2, 0.25) is 0 Å². The third-order valence-corrected chi connectivity index (χ3v) is 8.91. The van der Waals surface area contributed by atoms with Crippen molar-refractivity contribution in [2.75, 3.05) is 0 Å². The smallest absolute Gasteiger partial charge is 0.143 e. The van der Waals surface area contributed by atoms with Crippen LogP contribution in [0.3, 0.4) is 0 Å². The molecule has 0 saturated heterocycles. The van der Waals surface area contributed by atoms with E-state index in [1.54, 1.807) is 0 Å². The molecule has 0 fully saturated rings. The molecule has 1 heteroatoms. The average Bonchev–Trinajstić information content (AvgIpc) is 3.60. The molecule has 1 heterocycles. The van der Waals surface area contributed by atoms with Crippen molar-refractivity contribution in [3.8, 4) is 22.3 Å². The number of hydrogen-bond donors (Lipinski definition) is 0. The van der Waals surface area contributed by atoms with Crippen molar-refractivity contribution in [3.63, 3.8) is 0 Å². The van der Waals surface area contributed by atoms with Gasteiger partial charge in [0.25, 0.3) is 0 Å². The molecule has 0 bridgehead atoms. The monoisotopic (exact) mass is 579 g/mol. The van der Waals surface area contributed by atoms with Crippen LogP contribution in [0, 0.1) is 0 Å². The van der Waals surface area contributed by atoms with Gasteiger partial charge in [0.1, 0.15) is 11.2 Å². The summed E-state index contributed by atoms with van der Waals surface area (Å²) in [4.78, 5) is 0. The van der Waals surface area contributed by atoms with E-state index in [0.717, 1.165) is 54.2 Å². The minimum Gasteiger partial charge on any atom is -0.455 e. The Bertz CT molecular complexity index is 3270. The van der Waals surface area contributed by atoms with E-state index in [0.29, 0.717) is 5.56 Å². The van der Waals surface area contributed by atoms with Crippen molar-refractivity contribution in [3.05, 3.63) is 158 Å². The van der Waals surface area contributed by atoms with Crippen LogP contribution in [0.5, 0.6) is 0 Å². The lowest BCUT2D eigenvalue weighted by Gasteiger charge is -2.19. The van der Waals surface area contributed by atoms with E-state index in [9.17, 15) is 4.11 Å². The Hall–Kier alpha value is -5.92. The molecule has 0 spiro atoms. The maximum atomic E-state index is 9.77. The van der Waals surface area contributed by atoms with Gasteiger partial charge in [-0.05, 0) is 94.9 Å². The normalized spacial score (nSPS) is 14.8. The Morgan fingerprint density at radius 3 is 1.80 bits per heavy atom. The molecule has 0 N–H and O–H groups in total. The second-order valence-electron chi connectivity index (χ2n) is 11.3. The van der Waals surface area contributed by atoms with Crippen molar-refractivity contribution in [2.24, 2.45) is 0 Å². The largest absolute Gasteiger partial charge is 0.455 e. The van der Waals surface area contributed by atoms with Crippen LogP contribution >= 0.6 is 0 Å². The molecular formula is C44H26O. The lowest BCUT2D eigenvalue weighted by Crippen LogP contribution is -1.92. The summed E-state index contributed by atoms with van der Waals surface area (Å²) in [7, 11) is 0. The zero-order chi connectivity index (χ0) is 37.3. The van der Waals surface area contributed by atoms with E-state index in [2.05, 4.69) is 30.3 Å². The van der Waals surface area contributed by atoms with Gasteiger partial charge in [-0.15, -0.1) is 0 Å². The molecule has 0 unspecified atom stereocenters. The zero-order valence-corrected chi connectivity index (χ0v) is 23.7. The molecule has 0 atom stereocenters. The van der Waals surface area contributed by atoms with Crippen LogP contribution in [0.25, 0.3) is 98.1 Å². The highest BCUT2D eigenvalue weighted by Gasteiger charge is 2.20. The zero-order valence-electron chi connectivity index (χ0n) is 32.7. The van der Waals surface area contributed by atoms with Crippen LogP contribution < -0.4 is 0 Å². The molecule has 10 aromatic rings. The highest BCUT2D eigenvalue weighted by atomic mass is 16.3. The third kappa shape index (κ3) is 3.50. The first-order valence-electron chi connectivity index (χ1n) is 19.3. The number of furan rings is 1. The molecule has 0 amide bonds. The van der Waals surface area contributed by atoms with E-state index in [1.165, 1.54) is 0 Å². The van der Waals surface area contributed by atoms with Gasteiger partial charge in [-0.3, -0.25) is 0 Å². The highest BCUT2D eigenvalue weighted by Crippen LogP contribution is 2.47. The summed E-state index contributed by atoms with van der Waals surface area (Å²) in [6.07, 6.45) is 0. The van der Waals surface area contributed by atoms with Crippen LogP contribution in [-0.2, 0) is 0 Å². The van der Waals surface area contributed by atoms with Gasteiger partial charge < -0.3 is 4.42 Å². The Morgan fingerprint density at radius 1 is 0.422 bits per heavy atom. The molecule has 0 aliphatic rings. The van der Waals surface area contributed by atoms with Crippen molar-refractivity contribution < 1.29 is 16.8 Å². The van der Waals surface area contributed by atoms with Gasteiger partial charge in [-0.25, -0.2) is 0 Å². The van der Waals surface area contributed by atoms with E-state index in [1.807, 2.05) is 72.8 Å². The predicted molar refractivity (Wildman–Crippen MR) is 192 cm³/mol. The SMILES string of the molecule is [2H]c1c(-c2c3ccccc3c(-c3cc4ccccc4c4ccccc34)c3ccccc23)c([2H])c2c(oc3c4c([2H])c([2H])c([2H])c([2H])c4c([2H])c([2H])c32)c1[2H]. The van der Waals surface area contributed by atoms with Gasteiger partial charge in [-0.1, -0.05) is 133 Å². The van der Waals surface area contributed by atoms with Gasteiger partial charge in [-0.2, -0.15) is 0 Å². The minimum atomic E-state index is -0.534. The van der Waals surface area contributed by atoms with E-state index in [4.69, 9.17) is 12.6 Å². The van der Waals surface area contributed by atoms with Crippen molar-refractivity contribution in [1.29, 1.82) is 0 Å². The fourth-order valence-electron chi connectivity index (χ4n) is 6.98. The van der Waals surface area contributed by atoms with E-state index < -0.39 is 30.2 Å². The van der Waals surface area contributed by atoms with E-state index >= 15 is 0 Å². The third-order valence-electron chi connectivity index (χ3n) is 8.91. The summed E-state index contributed by atoms with van der Waals surface area (Å²) < 4.78 is 86.3. The Kier molecular flexibility index (Phi) is 3.59. The summed E-state index contributed by atoms with van der Waals surface area (Å²) in [5.41, 5.74) is 2.52. The number of rotatable bonds is 2. The second kappa shape index (κ2) is 9.29. The van der Waals surface area contributed by atoms with Gasteiger partial charge in [0, 0.05) is 16.2 Å². The predicted octanol–water partition coefficient (Wildman–Crippen LogP) is 12.7. The summed E-state index contributed by atoms with van der Waals surface area (Å²) in [5, 5.41) is 7.56. The minimum absolute atomic E-state index is 0.000135. The molecule has 0 saturated carbocycles. The maximum absolute atomic E-state index is 9.77. The lowest BCUT2D eigenvalue weighted by molar-refractivity contribution is 0.672. The Labute approximate surface area is 272 Å². The molecule has 10 rings (SSSR count). The van der Waals surface area contributed by atoms with Gasteiger partial charge >= 0.3 is 0 Å². The molecule has 0 aliphatic heterocycles.